The molecule has 128 valence electrons. The number of rotatable bonds is 5. The van der Waals surface area contributed by atoms with Crippen LogP contribution in [0.3, 0.4) is 0 Å². The quantitative estimate of drug-likeness (QED) is 0.830. The van der Waals surface area contributed by atoms with Gasteiger partial charge >= 0.3 is 0 Å². The molecule has 0 unspecified atom stereocenters. The summed E-state index contributed by atoms with van der Waals surface area (Å²) in [5, 5.41) is 0. The molecule has 2 aliphatic heterocycles. The van der Waals surface area contributed by atoms with Gasteiger partial charge < -0.3 is 18.8 Å². The molecule has 0 aliphatic carbocycles. The fourth-order valence-corrected chi connectivity index (χ4v) is 3.34. The summed E-state index contributed by atoms with van der Waals surface area (Å²) in [5.41, 5.74) is 0. The average molecular weight is 322 g/mol. The molecule has 0 radical (unpaired) electrons. The van der Waals surface area contributed by atoms with Crippen molar-refractivity contribution in [2.45, 2.75) is 32.2 Å². The lowest BCUT2D eigenvalue weighted by Crippen LogP contribution is -2.51. The van der Waals surface area contributed by atoms with Crippen LogP contribution in [0.4, 0.5) is 0 Å². The van der Waals surface area contributed by atoms with Crippen LogP contribution >= 0.6 is 0 Å². The Kier molecular flexibility index (Phi) is 5.56. The number of carbonyl (C=O) groups is 1. The van der Waals surface area contributed by atoms with Gasteiger partial charge in [0.25, 0.3) is 11.9 Å². The van der Waals surface area contributed by atoms with Crippen LogP contribution in [0.15, 0.2) is 16.5 Å². The first-order chi connectivity index (χ1) is 11.3. The fraction of sp³-hybridized carbons (Fsp3) is 0.706. The molecule has 1 atom stereocenters. The summed E-state index contributed by atoms with van der Waals surface area (Å²) in [4.78, 5) is 17.2. The van der Waals surface area contributed by atoms with E-state index >= 15 is 0 Å². The van der Waals surface area contributed by atoms with Gasteiger partial charge in [0.15, 0.2) is 5.76 Å². The third-order valence-electron chi connectivity index (χ3n) is 4.54. The summed E-state index contributed by atoms with van der Waals surface area (Å²) in [7, 11) is 0. The molecule has 1 aromatic heterocycles. The number of furan rings is 1. The van der Waals surface area contributed by atoms with E-state index in [0.717, 1.165) is 52.2 Å². The summed E-state index contributed by atoms with van der Waals surface area (Å²) < 4.78 is 16.3. The molecule has 1 amide bonds. The molecule has 3 rings (SSSR count). The molecule has 3 heterocycles. The molecule has 6 heteroatoms. The van der Waals surface area contributed by atoms with Crippen LogP contribution in [0.1, 0.15) is 36.7 Å². The van der Waals surface area contributed by atoms with Gasteiger partial charge in [0.2, 0.25) is 0 Å². The van der Waals surface area contributed by atoms with Gasteiger partial charge in [0.1, 0.15) is 0 Å². The normalized spacial score (nSPS) is 23.0. The van der Waals surface area contributed by atoms with E-state index in [1.807, 2.05) is 11.8 Å². The third kappa shape index (κ3) is 4.06. The number of carbonyl (C=O) groups excluding carboxylic acids is 1. The van der Waals surface area contributed by atoms with Crippen molar-refractivity contribution in [2.75, 3.05) is 46.0 Å². The number of hydrogen-bond acceptors (Lipinski definition) is 5. The Morgan fingerprint density at radius 2 is 2.09 bits per heavy atom. The summed E-state index contributed by atoms with van der Waals surface area (Å²) >= 11 is 0. The molecule has 0 aromatic carbocycles. The summed E-state index contributed by atoms with van der Waals surface area (Å²) in [6.45, 7) is 7.64. The highest BCUT2D eigenvalue weighted by Gasteiger charge is 2.31. The SMILES string of the molecule is CCOc1ccc(C(=O)N2CCCC[C@H]2CN2CCOCC2)o1. The van der Waals surface area contributed by atoms with E-state index < -0.39 is 0 Å². The highest BCUT2D eigenvalue weighted by Crippen LogP contribution is 2.23. The molecule has 2 saturated heterocycles. The van der Waals surface area contributed by atoms with Crippen molar-refractivity contribution >= 4 is 5.91 Å². The van der Waals surface area contributed by atoms with Crippen molar-refractivity contribution < 1.29 is 18.7 Å². The molecular weight excluding hydrogens is 296 g/mol. The number of nitrogens with zero attached hydrogens (tertiary/aromatic N) is 2. The number of ether oxygens (including phenoxy) is 2. The zero-order valence-electron chi connectivity index (χ0n) is 13.8. The van der Waals surface area contributed by atoms with Crippen molar-refractivity contribution in [1.29, 1.82) is 0 Å². The van der Waals surface area contributed by atoms with E-state index in [-0.39, 0.29) is 11.9 Å². The van der Waals surface area contributed by atoms with E-state index in [2.05, 4.69) is 4.90 Å². The highest BCUT2D eigenvalue weighted by atomic mass is 16.6. The largest absolute Gasteiger partial charge is 0.465 e. The van der Waals surface area contributed by atoms with Gasteiger partial charge in [-0.05, 0) is 32.3 Å². The fourth-order valence-electron chi connectivity index (χ4n) is 3.34. The molecule has 6 nitrogen and oxygen atoms in total. The minimum atomic E-state index is -0.0195. The van der Waals surface area contributed by atoms with Gasteiger partial charge in [-0.15, -0.1) is 0 Å². The Balaban J connectivity index is 1.65. The van der Waals surface area contributed by atoms with Crippen molar-refractivity contribution in [3.05, 3.63) is 17.9 Å². The van der Waals surface area contributed by atoms with Crippen molar-refractivity contribution in [1.82, 2.24) is 9.80 Å². The second-order valence-corrected chi connectivity index (χ2v) is 6.11. The molecule has 23 heavy (non-hydrogen) atoms. The Bertz CT molecular complexity index is 510. The number of amides is 1. The molecule has 1 aromatic rings. The van der Waals surface area contributed by atoms with E-state index in [4.69, 9.17) is 13.9 Å². The van der Waals surface area contributed by atoms with Gasteiger partial charge in [-0.2, -0.15) is 0 Å². The van der Waals surface area contributed by atoms with Crippen molar-refractivity contribution in [3.8, 4) is 5.95 Å². The maximum atomic E-state index is 12.8. The number of likely N-dealkylation sites (tertiary alicyclic amines) is 1. The van der Waals surface area contributed by atoms with E-state index in [9.17, 15) is 4.79 Å². The average Bonchev–Trinajstić information content (AvgIpc) is 3.05. The second kappa shape index (κ2) is 7.84. The lowest BCUT2D eigenvalue weighted by Gasteiger charge is -2.39. The van der Waals surface area contributed by atoms with Gasteiger partial charge in [-0.25, -0.2) is 0 Å². The number of hydrogen-bond donors (Lipinski definition) is 0. The standard InChI is InChI=1S/C17H26N2O4/c1-2-22-16-7-6-15(23-16)17(20)19-8-4-3-5-14(19)13-18-9-11-21-12-10-18/h6-7,14H,2-5,8-13H2,1H3/t14-/m0/s1. The van der Waals surface area contributed by atoms with Crippen LogP contribution < -0.4 is 4.74 Å². The number of piperidine rings is 1. The maximum Gasteiger partial charge on any atom is 0.290 e. The predicted octanol–water partition coefficient (Wildman–Crippen LogP) is 2.01. The van der Waals surface area contributed by atoms with Crippen molar-refractivity contribution in [3.63, 3.8) is 0 Å². The molecule has 0 N–H and O–H groups in total. The van der Waals surface area contributed by atoms with Crippen LogP contribution in [0.5, 0.6) is 5.95 Å². The van der Waals surface area contributed by atoms with Gasteiger partial charge in [-0.3, -0.25) is 9.69 Å². The van der Waals surface area contributed by atoms with Crippen molar-refractivity contribution in [2.24, 2.45) is 0 Å². The summed E-state index contributed by atoms with van der Waals surface area (Å²) in [5.74, 6) is 0.772. The second-order valence-electron chi connectivity index (χ2n) is 6.11. The Hall–Kier alpha value is -1.53. The van der Waals surface area contributed by atoms with E-state index in [1.54, 1.807) is 12.1 Å². The maximum absolute atomic E-state index is 12.8. The molecule has 0 saturated carbocycles. The zero-order chi connectivity index (χ0) is 16.1. The smallest absolute Gasteiger partial charge is 0.290 e. The van der Waals surface area contributed by atoms with Crippen LogP contribution in [-0.2, 0) is 4.74 Å². The van der Waals surface area contributed by atoms with Crippen LogP contribution in [0, 0.1) is 0 Å². The molecule has 2 aliphatic rings. The Morgan fingerprint density at radius 3 is 2.87 bits per heavy atom. The van der Waals surface area contributed by atoms with Gasteiger partial charge in [-0.1, -0.05) is 0 Å². The first-order valence-electron chi connectivity index (χ1n) is 8.61. The van der Waals surface area contributed by atoms with Gasteiger partial charge in [0, 0.05) is 38.3 Å². The topological polar surface area (TPSA) is 55.2 Å². The number of morpholine rings is 1. The lowest BCUT2D eigenvalue weighted by atomic mass is 10.0. The molecular formula is C17H26N2O4. The first kappa shape index (κ1) is 16.3. The third-order valence-corrected chi connectivity index (χ3v) is 4.54. The zero-order valence-corrected chi connectivity index (χ0v) is 13.8. The van der Waals surface area contributed by atoms with E-state index in [0.29, 0.717) is 18.3 Å². The Labute approximate surface area is 137 Å². The van der Waals surface area contributed by atoms with Gasteiger partial charge in [0.05, 0.1) is 19.8 Å². The Morgan fingerprint density at radius 1 is 1.26 bits per heavy atom. The first-order valence-corrected chi connectivity index (χ1v) is 8.61. The summed E-state index contributed by atoms with van der Waals surface area (Å²) in [6.07, 6.45) is 3.30. The summed E-state index contributed by atoms with van der Waals surface area (Å²) in [6, 6.07) is 3.70. The van der Waals surface area contributed by atoms with Crippen LogP contribution in [0.25, 0.3) is 0 Å². The highest BCUT2D eigenvalue weighted by molar-refractivity contribution is 5.92. The molecule has 2 fully saturated rings. The molecule has 0 bridgehead atoms. The predicted molar refractivity (Wildman–Crippen MR) is 85.8 cm³/mol. The lowest BCUT2D eigenvalue weighted by molar-refractivity contribution is 0.0157. The van der Waals surface area contributed by atoms with E-state index in [1.165, 1.54) is 6.42 Å². The molecule has 0 spiro atoms. The van der Waals surface area contributed by atoms with Crippen LogP contribution in [-0.4, -0.2) is 67.7 Å². The monoisotopic (exact) mass is 322 g/mol. The minimum Gasteiger partial charge on any atom is -0.465 e. The van der Waals surface area contributed by atoms with Crippen LogP contribution in [0.2, 0.25) is 0 Å². The minimum absolute atomic E-state index is 0.0195.